The fraction of sp³-hybridized carbons (Fsp3) is 0.438. The molecule has 1 unspecified atom stereocenters. The number of rotatable bonds is 7. The van der Waals surface area contributed by atoms with Gasteiger partial charge in [0.25, 0.3) is 0 Å². The SMILES string of the molecule is CCNC(CO)(CSc1cc(C)nn1C)c1ccccc1. The lowest BCUT2D eigenvalue weighted by molar-refractivity contribution is 0.181. The van der Waals surface area contributed by atoms with Crippen LogP contribution >= 0.6 is 11.8 Å². The standard InChI is InChI=1S/C16H23N3OS/c1-4-17-16(11-20,14-8-6-5-7-9-14)12-21-15-10-13(2)18-19(15)3/h5-10,17,20H,4,11-12H2,1-3H3. The molecule has 0 aliphatic rings. The first-order valence-corrected chi connectivity index (χ1v) is 8.14. The summed E-state index contributed by atoms with van der Waals surface area (Å²) >= 11 is 1.71. The number of nitrogens with one attached hydrogen (secondary N) is 1. The summed E-state index contributed by atoms with van der Waals surface area (Å²) in [6.45, 7) is 4.92. The van der Waals surface area contributed by atoms with Crippen molar-refractivity contribution >= 4 is 11.8 Å². The van der Waals surface area contributed by atoms with Gasteiger partial charge in [-0.1, -0.05) is 37.3 Å². The van der Waals surface area contributed by atoms with Crippen LogP contribution < -0.4 is 5.32 Å². The lowest BCUT2D eigenvalue weighted by Crippen LogP contribution is -2.47. The third kappa shape index (κ3) is 3.67. The molecule has 21 heavy (non-hydrogen) atoms. The van der Waals surface area contributed by atoms with E-state index < -0.39 is 5.54 Å². The normalized spacial score (nSPS) is 14.1. The van der Waals surface area contributed by atoms with Crippen molar-refractivity contribution in [3.63, 3.8) is 0 Å². The molecule has 0 amide bonds. The van der Waals surface area contributed by atoms with E-state index in [9.17, 15) is 5.11 Å². The predicted octanol–water partition coefficient (Wildman–Crippen LogP) is 2.32. The highest BCUT2D eigenvalue weighted by Crippen LogP contribution is 2.29. The Bertz CT molecular complexity index is 570. The molecule has 114 valence electrons. The summed E-state index contributed by atoms with van der Waals surface area (Å²) in [5.74, 6) is 0.750. The van der Waals surface area contributed by atoms with Crippen molar-refractivity contribution in [2.45, 2.75) is 24.4 Å². The molecule has 1 aromatic carbocycles. The maximum absolute atomic E-state index is 10.0. The third-order valence-corrected chi connectivity index (χ3v) is 4.85. The molecule has 2 rings (SSSR count). The van der Waals surface area contributed by atoms with Crippen LogP contribution in [0.3, 0.4) is 0 Å². The fourth-order valence-electron chi connectivity index (χ4n) is 2.44. The molecule has 1 heterocycles. The first-order chi connectivity index (χ1) is 10.1. The minimum absolute atomic E-state index is 0.0642. The van der Waals surface area contributed by atoms with Gasteiger partial charge < -0.3 is 10.4 Å². The number of aliphatic hydroxyl groups is 1. The Hall–Kier alpha value is -1.30. The monoisotopic (exact) mass is 305 g/mol. The number of aliphatic hydroxyl groups excluding tert-OH is 1. The van der Waals surface area contributed by atoms with Crippen LogP contribution in [-0.2, 0) is 12.6 Å². The summed E-state index contributed by atoms with van der Waals surface area (Å²) < 4.78 is 1.89. The van der Waals surface area contributed by atoms with Gasteiger partial charge in [-0.15, -0.1) is 11.8 Å². The quantitative estimate of drug-likeness (QED) is 0.771. The van der Waals surface area contributed by atoms with Crippen LogP contribution in [0, 0.1) is 6.92 Å². The maximum atomic E-state index is 10.0. The van der Waals surface area contributed by atoms with Gasteiger partial charge in [-0.25, -0.2) is 0 Å². The van der Waals surface area contributed by atoms with Crippen molar-refractivity contribution in [3.8, 4) is 0 Å². The topological polar surface area (TPSA) is 50.1 Å². The van der Waals surface area contributed by atoms with E-state index in [1.54, 1.807) is 11.8 Å². The molecule has 4 nitrogen and oxygen atoms in total. The van der Waals surface area contributed by atoms with Crippen molar-refractivity contribution in [1.29, 1.82) is 0 Å². The number of thioether (sulfide) groups is 1. The molecular formula is C16H23N3OS. The number of hydrogen-bond acceptors (Lipinski definition) is 4. The number of nitrogens with zero attached hydrogens (tertiary/aromatic N) is 2. The summed E-state index contributed by atoms with van der Waals surface area (Å²) in [7, 11) is 1.95. The first-order valence-electron chi connectivity index (χ1n) is 7.16. The van der Waals surface area contributed by atoms with Crippen LogP contribution in [0.4, 0.5) is 0 Å². The Morgan fingerprint density at radius 2 is 2.05 bits per heavy atom. The van der Waals surface area contributed by atoms with Crippen molar-refractivity contribution in [3.05, 3.63) is 47.7 Å². The zero-order valence-corrected chi connectivity index (χ0v) is 13.7. The van der Waals surface area contributed by atoms with E-state index in [1.807, 2.05) is 36.9 Å². The Labute approximate surface area is 130 Å². The molecule has 0 bridgehead atoms. The van der Waals surface area contributed by atoms with Crippen molar-refractivity contribution in [2.24, 2.45) is 7.05 Å². The highest BCUT2D eigenvalue weighted by atomic mass is 32.2. The van der Waals surface area contributed by atoms with Gasteiger partial charge >= 0.3 is 0 Å². The van der Waals surface area contributed by atoms with Crippen LogP contribution in [-0.4, -0.2) is 33.8 Å². The molecule has 0 spiro atoms. The zero-order valence-electron chi connectivity index (χ0n) is 12.8. The molecule has 1 atom stereocenters. The number of aromatic nitrogens is 2. The number of aryl methyl sites for hydroxylation is 2. The highest BCUT2D eigenvalue weighted by Gasteiger charge is 2.31. The zero-order chi connectivity index (χ0) is 15.3. The summed E-state index contributed by atoms with van der Waals surface area (Å²) in [4.78, 5) is 0. The Kier molecular flexibility index (Phi) is 5.45. The van der Waals surface area contributed by atoms with Gasteiger partial charge in [-0.3, -0.25) is 4.68 Å². The molecule has 2 aromatic rings. The van der Waals surface area contributed by atoms with Gasteiger partial charge in [0.05, 0.1) is 22.9 Å². The summed E-state index contributed by atoms with van der Waals surface area (Å²) in [5.41, 5.74) is 1.69. The second-order valence-electron chi connectivity index (χ2n) is 5.17. The van der Waals surface area contributed by atoms with Crippen molar-refractivity contribution in [1.82, 2.24) is 15.1 Å². The molecule has 0 saturated carbocycles. The summed E-state index contributed by atoms with van der Waals surface area (Å²) in [5, 5.41) is 19.0. The van der Waals surface area contributed by atoms with Gasteiger partial charge in [0.1, 0.15) is 0 Å². The Morgan fingerprint density at radius 1 is 1.33 bits per heavy atom. The van der Waals surface area contributed by atoms with Crippen LogP contribution in [0.25, 0.3) is 0 Å². The molecule has 1 aromatic heterocycles. The molecule has 0 aliphatic heterocycles. The van der Waals surface area contributed by atoms with Crippen molar-refractivity contribution in [2.75, 3.05) is 18.9 Å². The third-order valence-electron chi connectivity index (χ3n) is 3.54. The largest absolute Gasteiger partial charge is 0.394 e. The van der Waals surface area contributed by atoms with Gasteiger partial charge in [-0.2, -0.15) is 5.10 Å². The van der Waals surface area contributed by atoms with E-state index in [0.29, 0.717) is 0 Å². The summed E-state index contributed by atoms with van der Waals surface area (Å²) in [6.07, 6.45) is 0. The number of benzene rings is 1. The fourth-order valence-corrected chi connectivity index (χ4v) is 3.68. The molecule has 0 aliphatic carbocycles. The van der Waals surface area contributed by atoms with E-state index >= 15 is 0 Å². The molecule has 2 N–H and O–H groups in total. The molecule has 0 radical (unpaired) electrons. The van der Waals surface area contributed by atoms with Crippen LogP contribution in [0.1, 0.15) is 18.2 Å². The lowest BCUT2D eigenvalue weighted by Gasteiger charge is -2.33. The number of hydrogen-bond donors (Lipinski definition) is 2. The minimum Gasteiger partial charge on any atom is -0.394 e. The van der Waals surface area contributed by atoms with E-state index in [-0.39, 0.29) is 6.61 Å². The average Bonchev–Trinajstić information content (AvgIpc) is 2.82. The number of likely N-dealkylation sites (N-methyl/N-ethyl adjacent to an activating group) is 1. The van der Waals surface area contributed by atoms with Crippen LogP contribution in [0.15, 0.2) is 41.4 Å². The van der Waals surface area contributed by atoms with E-state index in [4.69, 9.17) is 0 Å². The average molecular weight is 305 g/mol. The van der Waals surface area contributed by atoms with Crippen LogP contribution in [0.5, 0.6) is 0 Å². The smallest absolute Gasteiger partial charge is 0.0940 e. The Morgan fingerprint density at radius 3 is 2.57 bits per heavy atom. The summed E-state index contributed by atoms with van der Waals surface area (Å²) in [6, 6.07) is 12.2. The molecule has 0 saturated heterocycles. The molecule has 5 heteroatoms. The van der Waals surface area contributed by atoms with Gasteiger partial charge in [0.15, 0.2) is 0 Å². The van der Waals surface area contributed by atoms with E-state index in [1.165, 1.54) is 0 Å². The van der Waals surface area contributed by atoms with E-state index in [2.05, 4.69) is 35.5 Å². The predicted molar refractivity (Wildman–Crippen MR) is 87.6 cm³/mol. The highest BCUT2D eigenvalue weighted by molar-refractivity contribution is 7.99. The maximum Gasteiger partial charge on any atom is 0.0940 e. The lowest BCUT2D eigenvalue weighted by atomic mass is 9.92. The van der Waals surface area contributed by atoms with Crippen LogP contribution in [0.2, 0.25) is 0 Å². The molecular weight excluding hydrogens is 282 g/mol. The van der Waals surface area contributed by atoms with Gasteiger partial charge in [0, 0.05) is 12.8 Å². The Balaban J connectivity index is 2.22. The van der Waals surface area contributed by atoms with E-state index in [0.717, 1.165) is 28.6 Å². The minimum atomic E-state index is -0.432. The van der Waals surface area contributed by atoms with Gasteiger partial charge in [0.2, 0.25) is 0 Å². The van der Waals surface area contributed by atoms with Gasteiger partial charge in [-0.05, 0) is 25.1 Å². The second kappa shape index (κ2) is 7.11. The van der Waals surface area contributed by atoms with Crippen molar-refractivity contribution < 1.29 is 5.11 Å². The first kappa shape index (κ1) is 16.1. The molecule has 0 fully saturated rings. The second-order valence-corrected chi connectivity index (χ2v) is 6.17.